The lowest BCUT2D eigenvalue weighted by molar-refractivity contribution is 0.0922. The Hall–Kier alpha value is -2.64. The van der Waals surface area contributed by atoms with Crippen molar-refractivity contribution < 1.29 is 14.3 Å². The number of nitrogens with zero attached hydrogens (tertiary/aromatic N) is 2. The van der Waals surface area contributed by atoms with Crippen molar-refractivity contribution in [3.05, 3.63) is 57.2 Å². The number of amides is 1. The molecular weight excluding hydrogens is 422 g/mol. The molecule has 4 rings (SSSR count). The molecule has 0 unspecified atom stereocenters. The smallest absolute Gasteiger partial charge is 0.269 e. The Balaban J connectivity index is 1.45. The zero-order valence-electron chi connectivity index (χ0n) is 17.0. The van der Waals surface area contributed by atoms with Crippen LogP contribution in [0.15, 0.2) is 30.3 Å². The van der Waals surface area contributed by atoms with E-state index in [0.717, 1.165) is 26.6 Å². The fraction of sp³-hybridized carbons (Fsp3) is 0.318. The summed E-state index contributed by atoms with van der Waals surface area (Å²) >= 11 is 7.93. The van der Waals surface area contributed by atoms with Crippen molar-refractivity contribution in [2.24, 2.45) is 0 Å². The molecule has 3 heterocycles. The highest BCUT2D eigenvalue weighted by molar-refractivity contribution is 7.17. The number of nitrogens with one attached hydrogen (secondary N) is 1. The van der Waals surface area contributed by atoms with Crippen molar-refractivity contribution in [1.82, 2.24) is 15.1 Å². The minimum Gasteiger partial charge on any atom is -0.486 e. The third-order valence-electron chi connectivity index (χ3n) is 5.01. The summed E-state index contributed by atoms with van der Waals surface area (Å²) < 4.78 is 7.69. The van der Waals surface area contributed by atoms with E-state index in [1.165, 1.54) is 11.3 Å². The summed E-state index contributed by atoms with van der Waals surface area (Å²) in [4.78, 5) is 25.8. The summed E-state index contributed by atoms with van der Waals surface area (Å²) in [6, 6.07) is 9.46. The summed E-state index contributed by atoms with van der Waals surface area (Å²) in [6.07, 6.45) is 0.465. The highest BCUT2D eigenvalue weighted by Crippen LogP contribution is 2.41. The molecule has 1 aliphatic rings. The first-order chi connectivity index (χ1) is 14.4. The van der Waals surface area contributed by atoms with E-state index < -0.39 is 0 Å². The van der Waals surface area contributed by atoms with E-state index in [9.17, 15) is 9.59 Å². The summed E-state index contributed by atoms with van der Waals surface area (Å²) in [5, 5.41) is 7.79. The van der Waals surface area contributed by atoms with Gasteiger partial charge in [0.05, 0.1) is 22.1 Å². The van der Waals surface area contributed by atoms with Crippen LogP contribution in [0.5, 0.6) is 5.75 Å². The Bertz CT molecular complexity index is 1130. The average molecular weight is 444 g/mol. The van der Waals surface area contributed by atoms with Crippen LogP contribution in [0.4, 0.5) is 0 Å². The molecule has 1 amide bonds. The molecule has 0 bridgehead atoms. The molecule has 0 saturated heterocycles. The lowest BCUT2D eigenvalue weighted by Crippen LogP contribution is -2.35. The Kier molecular flexibility index (Phi) is 5.66. The van der Waals surface area contributed by atoms with E-state index in [0.29, 0.717) is 36.0 Å². The van der Waals surface area contributed by atoms with Gasteiger partial charge in [0.2, 0.25) is 0 Å². The van der Waals surface area contributed by atoms with E-state index in [-0.39, 0.29) is 17.8 Å². The van der Waals surface area contributed by atoms with Gasteiger partial charge in [0.25, 0.3) is 5.91 Å². The molecule has 1 aromatic carbocycles. The summed E-state index contributed by atoms with van der Waals surface area (Å²) in [7, 11) is 0. The molecule has 0 radical (unpaired) electrons. The normalized spacial score (nSPS) is 15.0. The molecule has 8 heteroatoms. The van der Waals surface area contributed by atoms with Gasteiger partial charge in [0.1, 0.15) is 17.5 Å². The van der Waals surface area contributed by atoms with E-state index in [1.54, 1.807) is 17.7 Å². The SMILES string of the molecule is CCn1nc(C)cc1C(=O)NC[C@@H]1Cc2cc(-c3ccc(C(C)=O)s3)cc(Cl)c2O1. The third-order valence-corrected chi connectivity index (χ3v) is 6.53. The Morgan fingerprint density at radius 1 is 1.33 bits per heavy atom. The number of benzene rings is 1. The molecule has 1 N–H and O–H groups in total. The molecule has 156 valence electrons. The van der Waals surface area contributed by atoms with Crippen LogP contribution in [0.3, 0.4) is 0 Å². The van der Waals surface area contributed by atoms with E-state index in [2.05, 4.69) is 10.4 Å². The molecule has 0 saturated carbocycles. The summed E-state index contributed by atoms with van der Waals surface area (Å²) in [5.74, 6) is 0.550. The molecule has 6 nitrogen and oxygen atoms in total. The molecule has 1 atom stereocenters. The predicted octanol–water partition coefficient (Wildman–Crippen LogP) is 4.53. The topological polar surface area (TPSA) is 73.2 Å². The van der Waals surface area contributed by atoms with Crippen molar-refractivity contribution in [3.8, 4) is 16.2 Å². The number of halogens is 1. The monoisotopic (exact) mass is 443 g/mol. The molecule has 2 aromatic heterocycles. The molecule has 1 aliphatic heterocycles. The lowest BCUT2D eigenvalue weighted by atomic mass is 10.1. The van der Waals surface area contributed by atoms with Crippen LogP contribution in [-0.2, 0) is 13.0 Å². The molecular formula is C22H22ClN3O3S. The second-order valence-electron chi connectivity index (χ2n) is 7.31. The number of carbonyl (C=O) groups is 2. The number of carbonyl (C=O) groups excluding carboxylic acids is 2. The number of ketones is 1. The number of fused-ring (bicyclic) bond motifs is 1. The van der Waals surface area contributed by atoms with E-state index in [4.69, 9.17) is 16.3 Å². The number of rotatable bonds is 6. The van der Waals surface area contributed by atoms with Gasteiger partial charge < -0.3 is 10.1 Å². The lowest BCUT2D eigenvalue weighted by Gasteiger charge is -2.12. The maximum atomic E-state index is 12.6. The second-order valence-corrected chi connectivity index (χ2v) is 8.80. The number of aromatic nitrogens is 2. The zero-order valence-corrected chi connectivity index (χ0v) is 18.6. The van der Waals surface area contributed by atoms with Crippen LogP contribution in [0.25, 0.3) is 10.4 Å². The van der Waals surface area contributed by atoms with Crippen LogP contribution in [0.1, 0.15) is 45.3 Å². The average Bonchev–Trinajstić information content (AvgIpc) is 3.43. The molecule has 0 aliphatic carbocycles. The van der Waals surface area contributed by atoms with Gasteiger partial charge in [-0.1, -0.05) is 11.6 Å². The molecule has 0 spiro atoms. The summed E-state index contributed by atoms with van der Waals surface area (Å²) in [5.41, 5.74) is 3.33. The number of hydrogen-bond donors (Lipinski definition) is 1. The Labute approximate surface area is 183 Å². The quantitative estimate of drug-likeness (QED) is 0.568. The van der Waals surface area contributed by atoms with Crippen LogP contribution < -0.4 is 10.1 Å². The minimum atomic E-state index is -0.188. The predicted molar refractivity (Wildman–Crippen MR) is 118 cm³/mol. The molecule has 3 aromatic rings. The van der Waals surface area contributed by atoms with Crippen molar-refractivity contribution in [1.29, 1.82) is 0 Å². The van der Waals surface area contributed by atoms with Crippen molar-refractivity contribution in [2.45, 2.75) is 39.8 Å². The number of aryl methyl sites for hydroxylation is 2. The minimum absolute atomic E-state index is 0.0530. The standard InChI is InChI=1S/C22H22ClN3O3S/c1-4-26-18(7-12(2)25-26)22(28)24-11-16-9-15-8-14(10-17(23)21(15)29-16)20-6-5-19(30-20)13(3)27/h5-8,10,16H,4,9,11H2,1-3H3,(H,24,28)/t16-/m0/s1. The van der Waals surface area contributed by atoms with E-state index in [1.807, 2.05) is 38.1 Å². The van der Waals surface area contributed by atoms with Gasteiger partial charge in [-0.2, -0.15) is 5.10 Å². The fourth-order valence-corrected chi connectivity index (χ4v) is 4.76. The first-order valence-corrected chi connectivity index (χ1v) is 11.0. The van der Waals surface area contributed by atoms with Crippen LogP contribution >= 0.6 is 22.9 Å². The van der Waals surface area contributed by atoms with Gasteiger partial charge in [0.15, 0.2) is 5.78 Å². The number of Topliss-reactive ketones (excluding diaryl/α,β-unsaturated/α-hetero) is 1. The highest BCUT2D eigenvalue weighted by Gasteiger charge is 2.27. The largest absolute Gasteiger partial charge is 0.486 e. The van der Waals surface area contributed by atoms with Crippen molar-refractivity contribution in [3.63, 3.8) is 0 Å². The highest BCUT2D eigenvalue weighted by atomic mass is 35.5. The zero-order chi connectivity index (χ0) is 21.4. The first kappa shape index (κ1) is 20.6. The van der Waals surface area contributed by atoms with Crippen LogP contribution in [0.2, 0.25) is 5.02 Å². The Morgan fingerprint density at radius 3 is 2.83 bits per heavy atom. The maximum absolute atomic E-state index is 12.6. The molecule has 0 fully saturated rings. The number of ether oxygens (including phenoxy) is 1. The van der Waals surface area contributed by atoms with Crippen LogP contribution in [-0.4, -0.2) is 34.1 Å². The van der Waals surface area contributed by atoms with Gasteiger partial charge in [0, 0.05) is 23.4 Å². The van der Waals surface area contributed by atoms with Gasteiger partial charge in [-0.05, 0) is 56.7 Å². The van der Waals surface area contributed by atoms with Gasteiger partial charge in [-0.15, -0.1) is 11.3 Å². The third kappa shape index (κ3) is 4.00. The number of thiophene rings is 1. The van der Waals surface area contributed by atoms with Gasteiger partial charge in [-0.25, -0.2) is 0 Å². The summed E-state index contributed by atoms with van der Waals surface area (Å²) in [6.45, 7) is 6.39. The van der Waals surface area contributed by atoms with Crippen molar-refractivity contribution in [2.75, 3.05) is 6.54 Å². The number of hydrogen-bond acceptors (Lipinski definition) is 5. The van der Waals surface area contributed by atoms with E-state index >= 15 is 0 Å². The maximum Gasteiger partial charge on any atom is 0.269 e. The fourth-order valence-electron chi connectivity index (χ4n) is 3.59. The second kappa shape index (κ2) is 8.24. The van der Waals surface area contributed by atoms with Crippen LogP contribution in [0, 0.1) is 6.92 Å². The van der Waals surface area contributed by atoms with Gasteiger partial charge >= 0.3 is 0 Å². The van der Waals surface area contributed by atoms with Gasteiger partial charge in [-0.3, -0.25) is 14.3 Å². The van der Waals surface area contributed by atoms with Crippen molar-refractivity contribution >= 4 is 34.6 Å². The molecule has 30 heavy (non-hydrogen) atoms. The Morgan fingerprint density at radius 2 is 2.13 bits per heavy atom. The first-order valence-electron chi connectivity index (χ1n) is 9.78.